The topological polar surface area (TPSA) is 66.9 Å². The van der Waals surface area contributed by atoms with Gasteiger partial charge in [-0.1, -0.05) is 0 Å². The summed E-state index contributed by atoms with van der Waals surface area (Å²) in [5, 5.41) is 5.34. The summed E-state index contributed by atoms with van der Waals surface area (Å²) in [7, 11) is 0. The van der Waals surface area contributed by atoms with E-state index < -0.39 is 18.9 Å². The molecule has 1 aromatic heterocycles. The van der Waals surface area contributed by atoms with Crippen LogP contribution < -0.4 is 10.6 Å². The molecule has 2 rings (SSSR count). The second-order valence-electron chi connectivity index (χ2n) is 4.08. The number of carbonyl (C=O) groups excluding carboxylic acids is 1. The van der Waals surface area contributed by atoms with Gasteiger partial charge >= 0.3 is 0 Å². The molecular formula is C11H14F2N4O. The minimum atomic E-state index is -2.57. The van der Waals surface area contributed by atoms with E-state index in [1.807, 2.05) is 0 Å². The quantitative estimate of drug-likeness (QED) is 0.839. The Morgan fingerprint density at radius 1 is 1.50 bits per heavy atom. The number of amides is 1. The van der Waals surface area contributed by atoms with E-state index in [2.05, 4.69) is 20.6 Å². The molecule has 1 fully saturated rings. The van der Waals surface area contributed by atoms with Gasteiger partial charge in [-0.2, -0.15) is 0 Å². The first-order valence-corrected chi connectivity index (χ1v) is 5.78. The molecule has 18 heavy (non-hydrogen) atoms. The van der Waals surface area contributed by atoms with Crippen molar-refractivity contribution in [2.45, 2.75) is 25.3 Å². The Bertz CT molecular complexity index is 404. The predicted molar refractivity (Wildman–Crippen MR) is 60.3 cm³/mol. The van der Waals surface area contributed by atoms with E-state index in [-0.39, 0.29) is 11.7 Å². The molecule has 1 atom stereocenters. The van der Waals surface area contributed by atoms with Gasteiger partial charge in [-0.15, -0.1) is 0 Å². The molecule has 1 aromatic rings. The van der Waals surface area contributed by atoms with E-state index in [0.29, 0.717) is 0 Å². The molecule has 1 amide bonds. The Morgan fingerprint density at radius 2 is 2.33 bits per heavy atom. The first-order chi connectivity index (χ1) is 8.66. The van der Waals surface area contributed by atoms with Crippen molar-refractivity contribution in [3.05, 3.63) is 23.8 Å². The lowest BCUT2D eigenvalue weighted by Gasteiger charge is -2.09. The fourth-order valence-corrected chi connectivity index (χ4v) is 1.83. The molecule has 0 saturated carbocycles. The number of rotatable bonds is 4. The van der Waals surface area contributed by atoms with Gasteiger partial charge in [0, 0.05) is 0 Å². The number of hydrogen-bond acceptors (Lipinski definition) is 4. The highest BCUT2D eigenvalue weighted by Crippen LogP contribution is 2.20. The van der Waals surface area contributed by atoms with Crippen LogP contribution in [-0.4, -0.2) is 35.4 Å². The summed E-state index contributed by atoms with van der Waals surface area (Å²) in [6.07, 6.45) is 2.34. The van der Waals surface area contributed by atoms with E-state index in [9.17, 15) is 13.6 Å². The Labute approximate surface area is 103 Å². The highest BCUT2D eigenvalue weighted by molar-refractivity contribution is 5.91. The molecule has 1 saturated heterocycles. The second kappa shape index (κ2) is 5.81. The number of alkyl halides is 2. The summed E-state index contributed by atoms with van der Waals surface area (Å²) in [5.74, 6) is -0.631. The standard InChI is InChI=1S/C11H14F2N4O/c12-10(13)6-17-11(18)9-5-15-8(4-16-9)7-2-1-3-14-7/h4-5,7,10,14H,1-3,6H2,(H,17,18)/t7-/m0/s1. The van der Waals surface area contributed by atoms with Crippen molar-refractivity contribution in [1.82, 2.24) is 20.6 Å². The first-order valence-electron chi connectivity index (χ1n) is 5.78. The predicted octanol–water partition coefficient (Wildman–Crippen LogP) is 0.896. The molecule has 0 bridgehead atoms. The van der Waals surface area contributed by atoms with Gasteiger partial charge in [0.25, 0.3) is 12.3 Å². The number of carbonyl (C=O) groups is 1. The summed E-state index contributed by atoms with van der Waals surface area (Å²) in [6.45, 7) is 0.273. The average Bonchev–Trinajstić information content (AvgIpc) is 2.90. The maximum absolute atomic E-state index is 11.9. The third kappa shape index (κ3) is 3.19. The summed E-state index contributed by atoms with van der Waals surface area (Å²) in [5.41, 5.74) is 0.829. The van der Waals surface area contributed by atoms with Crippen molar-refractivity contribution in [2.75, 3.05) is 13.1 Å². The van der Waals surface area contributed by atoms with Crippen LogP contribution in [0.25, 0.3) is 0 Å². The molecule has 0 unspecified atom stereocenters. The number of nitrogens with zero attached hydrogens (tertiary/aromatic N) is 2. The van der Waals surface area contributed by atoms with Gasteiger partial charge in [0.15, 0.2) is 0 Å². The van der Waals surface area contributed by atoms with Crippen molar-refractivity contribution < 1.29 is 13.6 Å². The fourth-order valence-electron chi connectivity index (χ4n) is 1.83. The minimum Gasteiger partial charge on any atom is -0.345 e. The number of aromatic nitrogens is 2. The van der Waals surface area contributed by atoms with Gasteiger partial charge < -0.3 is 10.6 Å². The first kappa shape index (κ1) is 12.8. The van der Waals surface area contributed by atoms with Gasteiger partial charge in [-0.25, -0.2) is 13.8 Å². The third-order valence-corrected chi connectivity index (χ3v) is 2.74. The lowest BCUT2D eigenvalue weighted by molar-refractivity contribution is 0.0886. The summed E-state index contributed by atoms with van der Waals surface area (Å²) in [4.78, 5) is 19.5. The second-order valence-corrected chi connectivity index (χ2v) is 4.08. The Kier molecular flexibility index (Phi) is 4.14. The monoisotopic (exact) mass is 256 g/mol. The summed E-state index contributed by atoms with van der Waals surface area (Å²) >= 11 is 0. The molecule has 2 N–H and O–H groups in total. The van der Waals surface area contributed by atoms with E-state index >= 15 is 0 Å². The molecule has 1 aliphatic rings. The maximum atomic E-state index is 11.9. The van der Waals surface area contributed by atoms with Crippen molar-refractivity contribution in [3.8, 4) is 0 Å². The smallest absolute Gasteiger partial charge is 0.271 e. The van der Waals surface area contributed by atoms with Gasteiger partial charge in [0.1, 0.15) is 5.69 Å². The van der Waals surface area contributed by atoms with Gasteiger partial charge in [0.2, 0.25) is 0 Å². The van der Waals surface area contributed by atoms with Crippen LogP contribution in [0.3, 0.4) is 0 Å². The van der Waals surface area contributed by atoms with Crippen LogP contribution in [0.4, 0.5) is 8.78 Å². The van der Waals surface area contributed by atoms with E-state index in [1.54, 1.807) is 0 Å². The zero-order chi connectivity index (χ0) is 13.0. The van der Waals surface area contributed by atoms with E-state index in [0.717, 1.165) is 25.1 Å². The van der Waals surface area contributed by atoms with Crippen LogP contribution in [0.1, 0.15) is 35.1 Å². The summed E-state index contributed by atoms with van der Waals surface area (Å²) in [6, 6.07) is 0.177. The zero-order valence-corrected chi connectivity index (χ0v) is 9.70. The summed E-state index contributed by atoms with van der Waals surface area (Å²) < 4.78 is 23.8. The molecule has 2 heterocycles. The highest BCUT2D eigenvalue weighted by Gasteiger charge is 2.18. The van der Waals surface area contributed by atoms with E-state index in [4.69, 9.17) is 0 Å². The van der Waals surface area contributed by atoms with E-state index in [1.165, 1.54) is 12.4 Å². The molecular weight excluding hydrogens is 242 g/mol. The van der Waals surface area contributed by atoms with Crippen LogP contribution in [-0.2, 0) is 0 Å². The van der Waals surface area contributed by atoms with Gasteiger partial charge in [-0.3, -0.25) is 9.78 Å². The Morgan fingerprint density at radius 3 is 2.89 bits per heavy atom. The molecule has 98 valence electrons. The van der Waals surface area contributed by atoms with Crippen molar-refractivity contribution in [1.29, 1.82) is 0 Å². The number of halogens is 2. The molecule has 0 aliphatic carbocycles. The molecule has 5 nitrogen and oxygen atoms in total. The zero-order valence-electron chi connectivity index (χ0n) is 9.70. The van der Waals surface area contributed by atoms with Crippen molar-refractivity contribution in [3.63, 3.8) is 0 Å². The minimum absolute atomic E-state index is 0.0531. The van der Waals surface area contributed by atoms with Crippen LogP contribution in [0.15, 0.2) is 12.4 Å². The fraction of sp³-hybridized carbons (Fsp3) is 0.545. The van der Waals surface area contributed by atoms with Gasteiger partial charge in [0.05, 0.1) is 30.7 Å². The van der Waals surface area contributed by atoms with Crippen LogP contribution >= 0.6 is 0 Å². The molecule has 1 aliphatic heterocycles. The van der Waals surface area contributed by atoms with Crippen molar-refractivity contribution in [2.24, 2.45) is 0 Å². The maximum Gasteiger partial charge on any atom is 0.271 e. The largest absolute Gasteiger partial charge is 0.345 e. The number of hydrogen-bond donors (Lipinski definition) is 2. The normalized spacial score (nSPS) is 19.2. The average molecular weight is 256 g/mol. The molecule has 7 heteroatoms. The lowest BCUT2D eigenvalue weighted by atomic mass is 10.2. The third-order valence-electron chi connectivity index (χ3n) is 2.74. The SMILES string of the molecule is O=C(NCC(F)F)c1cnc([C@@H]2CCCN2)cn1. The van der Waals surface area contributed by atoms with Crippen LogP contribution in [0, 0.1) is 0 Å². The molecule has 0 radical (unpaired) electrons. The highest BCUT2D eigenvalue weighted by atomic mass is 19.3. The lowest BCUT2D eigenvalue weighted by Crippen LogP contribution is -2.29. The Balaban J connectivity index is 1.96. The van der Waals surface area contributed by atoms with Crippen LogP contribution in [0.5, 0.6) is 0 Å². The number of nitrogens with one attached hydrogen (secondary N) is 2. The van der Waals surface area contributed by atoms with Crippen molar-refractivity contribution >= 4 is 5.91 Å². The molecule has 0 aromatic carbocycles. The Hall–Kier alpha value is -1.63. The van der Waals surface area contributed by atoms with Crippen LogP contribution in [0.2, 0.25) is 0 Å². The molecule has 0 spiro atoms. The van der Waals surface area contributed by atoms with Gasteiger partial charge in [-0.05, 0) is 19.4 Å².